The number of rotatable bonds is 2. The third-order valence-electron chi connectivity index (χ3n) is 2.91. The first kappa shape index (κ1) is 12.3. The number of hydrogen-bond donors (Lipinski definition) is 1. The SMILES string of the molecule is Cc1cncc(C(C)(N)c2ccccc2Br)c1. The van der Waals surface area contributed by atoms with E-state index in [1.54, 1.807) is 0 Å². The molecule has 0 aliphatic carbocycles. The van der Waals surface area contributed by atoms with Gasteiger partial charge in [-0.3, -0.25) is 4.98 Å². The minimum Gasteiger partial charge on any atom is -0.318 e. The van der Waals surface area contributed by atoms with Crippen LogP contribution >= 0.6 is 15.9 Å². The molecule has 88 valence electrons. The Morgan fingerprint density at radius 2 is 1.94 bits per heavy atom. The fourth-order valence-electron chi connectivity index (χ4n) is 1.88. The van der Waals surface area contributed by atoms with Crippen LogP contribution in [0.4, 0.5) is 0 Å². The molecule has 0 fully saturated rings. The molecule has 0 saturated heterocycles. The van der Waals surface area contributed by atoms with Gasteiger partial charge in [-0.2, -0.15) is 0 Å². The number of pyridine rings is 1. The van der Waals surface area contributed by atoms with Gasteiger partial charge in [0.05, 0.1) is 5.54 Å². The Balaban J connectivity index is 2.53. The van der Waals surface area contributed by atoms with Gasteiger partial charge in [0.15, 0.2) is 0 Å². The maximum absolute atomic E-state index is 6.46. The van der Waals surface area contributed by atoms with Crippen molar-refractivity contribution in [2.75, 3.05) is 0 Å². The highest BCUT2D eigenvalue weighted by Gasteiger charge is 2.26. The van der Waals surface area contributed by atoms with Crippen molar-refractivity contribution in [3.05, 3.63) is 63.9 Å². The number of nitrogens with two attached hydrogens (primary N) is 1. The molecule has 17 heavy (non-hydrogen) atoms. The normalized spacial score (nSPS) is 14.4. The average molecular weight is 291 g/mol. The first-order valence-electron chi connectivity index (χ1n) is 5.48. The van der Waals surface area contributed by atoms with Gasteiger partial charge in [0.1, 0.15) is 0 Å². The molecule has 0 amide bonds. The van der Waals surface area contributed by atoms with Crippen molar-refractivity contribution in [2.24, 2.45) is 5.73 Å². The molecule has 1 unspecified atom stereocenters. The van der Waals surface area contributed by atoms with E-state index >= 15 is 0 Å². The molecule has 1 aromatic heterocycles. The molecule has 2 aromatic rings. The number of nitrogens with zero attached hydrogens (tertiary/aromatic N) is 1. The molecule has 0 aliphatic rings. The Labute approximate surface area is 110 Å². The summed E-state index contributed by atoms with van der Waals surface area (Å²) in [4.78, 5) is 4.21. The molecule has 1 atom stereocenters. The van der Waals surface area contributed by atoms with Gasteiger partial charge in [-0.1, -0.05) is 40.2 Å². The van der Waals surface area contributed by atoms with Crippen LogP contribution < -0.4 is 5.73 Å². The molecule has 0 spiro atoms. The monoisotopic (exact) mass is 290 g/mol. The van der Waals surface area contributed by atoms with Gasteiger partial charge in [0.2, 0.25) is 0 Å². The smallest absolute Gasteiger partial charge is 0.0663 e. The topological polar surface area (TPSA) is 38.9 Å². The highest BCUT2D eigenvalue weighted by atomic mass is 79.9. The van der Waals surface area contributed by atoms with E-state index < -0.39 is 5.54 Å². The third kappa shape index (κ3) is 2.40. The van der Waals surface area contributed by atoms with E-state index in [9.17, 15) is 0 Å². The van der Waals surface area contributed by atoms with E-state index in [1.807, 2.05) is 50.5 Å². The lowest BCUT2D eigenvalue weighted by Gasteiger charge is -2.27. The minimum atomic E-state index is -0.543. The fraction of sp³-hybridized carbons (Fsp3) is 0.214. The third-order valence-corrected chi connectivity index (χ3v) is 3.60. The average Bonchev–Trinajstić information content (AvgIpc) is 2.29. The molecule has 0 bridgehead atoms. The molecular weight excluding hydrogens is 276 g/mol. The van der Waals surface area contributed by atoms with E-state index in [2.05, 4.69) is 27.0 Å². The van der Waals surface area contributed by atoms with Gasteiger partial charge < -0.3 is 5.73 Å². The number of aromatic nitrogens is 1. The maximum Gasteiger partial charge on any atom is 0.0663 e. The predicted octanol–water partition coefficient (Wildman–Crippen LogP) is 3.37. The molecule has 0 saturated carbocycles. The van der Waals surface area contributed by atoms with E-state index in [0.29, 0.717) is 0 Å². The first-order valence-corrected chi connectivity index (χ1v) is 6.27. The molecule has 1 heterocycles. The van der Waals surface area contributed by atoms with Crippen molar-refractivity contribution in [2.45, 2.75) is 19.4 Å². The lowest BCUT2D eigenvalue weighted by atomic mass is 9.86. The highest BCUT2D eigenvalue weighted by Crippen LogP contribution is 2.31. The van der Waals surface area contributed by atoms with Crippen LogP contribution in [0.15, 0.2) is 47.2 Å². The standard InChI is InChI=1S/C14H15BrN2/c1-10-7-11(9-17-8-10)14(2,16)12-5-3-4-6-13(12)15/h3-9H,16H2,1-2H3. The summed E-state index contributed by atoms with van der Waals surface area (Å²) in [5.41, 5.74) is 9.11. The Morgan fingerprint density at radius 3 is 2.59 bits per heavy atom. The van der Waals surface area contributed by atoms with Crippen LogP contribution in [0.2, 0.25) is 0 Å². The van der Waals surface area contributed by atoms with Crippen LogP contribution in [0.5, 0.6) is 0 Å². The Kier molecular flexibility index (Phi) is 3.31. The summed E-state index contributed by atoms with van der Waals surface area (Å²) in [6.07, 6.45) is 3.66. The van der Waals surface area contributed by atoms with Crippen molar-refractivity contribution in [3.63, 3.8) is 0 Å². The molecule has 2 rings (SSSR count). The van der Waals surface area contributed by atoms with Crippen molar-refractivity contribution in [3.8, 4) is 0 Å². The molecule has 1 aromatic carbocycles. The van der Waals surface area contributed by atoms with E-state index in [1.165, 1.54) is 0 Å². The fourth-order valence-corrected chi connectivity index (χ4v) is 2.57. The van der Waals surface area contributed by atoms with Crippen molar-refractivity contribution in [1.82, 2.24) is 4.98 Å². The van der Waals surface area contributed by atoms with E-state index in [0.717, 1.165) is 21.2 Å². The molecular formula is C14H15BrN2. The van der Waals surface area contributed by atoms with Crippen LogP contribution in [0.25, 0.3) is 0 Å². The summed E-state index contributed by atoms with van der Waals surface area (Å²) in [6.45, 7) is 4.02. The summed E-state index contributed by atoms with van der Waals surface area (Å²) < 4.78 is 1.02. The van der Waals surface area contributed by atoms with Crippen LogP contribution in [0.3, 0.4) is 0 Å². The zero-order valence-electron chi connectivity index (χ0n) is 9.94. The van der Waals surface area contributed by atoms with Crippen molar-refractivity contribution in [1.29, 1.82) is 0 Å². The summed E-state index contributed by atoms with van der Waals surface area (Å²) >= 11 is 3.55. The van der Waals surface area contributed by atoms with Gasteiger partial charge in [-0.05, 0) is 36.6 Å². The lowest BCUT2D eigenvalue weighted by Crippen LogP contribution is -2.34. The number of benzene rings is 1. The largest absolute Gasteiger partial charge is 0.318 e. The Bertz CT molecular complexity index is 535. The van der Waals surface area contributed by atoms with Crippen LogP contribution in [-0.2, 0) is 5.54 Å². The van der Waals surface area contributed by atoms with Gasteiger partial charge in [0.25, 0.3) is 0 Å². The summed E-state index contributed by atoms with van der Waals surface area (Å²) in [5.74, 6) is 0. The Hall–Kier alpha value is -1.19. The Morgan fingerprint density at radius 1 is 1.24 bits per heavy atom. The quantitative estimate of drug-likeness (QED) is 0.921. The molecule has 2 nitrogen and oxygen atoms in total. The second-order valence-corrected chi connectivity index (χ2v) is 5.29. The summed E-state index contributed by atoms with van der Waals surface area (Å²) in [7, 11) is 0. The minimum absolute atomic E-state index is 0.543. The zero-order chi connectivity index (χ0) is 12.5. The van der Waals surface area contributed by atoms with Crippen LogP contribution in [0.1, 0.15) is 23.6 Å². The highest BCUT2D eigenvalue weighted by molar-refractivity contribution is 9.10. The predicted molar refractivity (Wildman–Crippen MR) is 73.8 cm³/mol. The van der Waals surface area contributed by atoms with Crippen molar-refractivity contribution >= 4 is 15.9 Å². The summed E-state index contributed by atoms with van der Waals surface area (Å²) in [6, 6.07) is 10.1. The van der Waals surface area contributed by atoms with Crippen LogP contribution in [0, 0.1) is 6.92 Å². The maximum atomic E-state index is 6.46. The van der Waals surface area contributed by atoms with Crippen molar-refractivity contribution < 1.29 is 0 Å². The first-order chi connectivity index (χ1) is 8.01. The molecule has 0 radical (unpaired) electrons. The van der Waals surface area contributed by atoms with E-state index in [4.69, 9.17) is 5.73 Å². The lowest BCUT2D eigenvalue weighted by molar-refractivity contribution is 0.596. The van der Waals surface area contributed by atoms with Gasteiger partial charge in [-0.15, -0.1) is 0 Å². The van der Waals surface area contributed by atoms with E-state index in [-0.39, 0.29) is 0 Å². The summed E-state index contributed by atoms with van der Waals surface area (Å²) in [5, 5.41) is 0. The molecule has 0 aliphatic heterocycles. The zero-order valence-corrected chi connectivity index (χ0v) is 11.5. The number of aryl methyl sites for hydroxylation is 1. The molecule has 2 N–H and O–H groups in total. The number of halogens is 1. The van der Waals surface area contributed by atoms with Gasteiger partial charge in [-0.25, -0.2) is 0 Å². The second kappa shape index (κ2) is 4.59. The van der Waals surface area contributed by atoms with Gasteiger partial charge >= 0.3 is 0 Å². The van der Waals surface area contributed by atoms with Gasteiger partial charge in [0, 0.05) is 16.9 Å². The second-order valence-electron chi connectivity index (χ2n) is 4.43. The molecule has 3 heteroatoms. The number of hydrogen-bond acceptors (Lipinski definition) is 2. The van der Waals surface area contributed by atoms with Crippen LogP contribution in [-0.4, -0.2) is 4.98 Å².